The van der Waals surface area contributed by atoms with Crippen molar-refractivity contribution in [1.82, 2.24) is 0 Å². The van der Waals surface area contributed by atoms with E-state index in [4.69, 9.17) is 4.74 Å². The van der Waals surface area contributed by atoms with E-state index in [1.165, 1.54) is 0 Å². The van der Waals surface area contributed by atoms with E-state index in [1.807, 2.05) is 27.7 Å². The molecule has 0 fully saturated rings. The Hall–Kier alpha value is -0.0800. The van der Waals surface area contributed by atoms with Gasteiger partial charge in [0.25, 0.3) is 0 Å². The fourth-order valence-electron chi connectivity index (χ4n) is 0.624. The maximum absolute atomic E-state index is 9.55. The molecular weight excluding hydrogens is 140 g/mol. The maximum atomic E-state index is 9.55. The van der Waals surface area contributed by atoms with Gasteiger partial charge in [-0.15, -0.1) is 0 Å². The van der Waals surface area contributed by atoms with Crippen molar-refractivity contribution in [2.24, 2.45) is 5.41 Å². The molecule has 0 saturated heterocycles. The third-order valence-corrected chi connectivity index (χ3v) is 1.71. The first-order chi connectivity index (χ1) is 4.88. The molecule has 0 amide bonds. The molecule has 0 aliphatic carbocycles. The molecule has 2 nitrogen and oxygen atoms in total. The number of hydrogen-bond donors (Lipinski definition) is 1. The number of aliphatic hydroxyl groups excluding tert-OH is 1. The number of hydrogen-bond acceptors (Lipinski definition) is 2. The van der Waals surface area contributed by atoms with Crippen molar-refractivity contribution in [1.29, 1.82) is 0 Å². The van der Waals surface area contributed by atoms with Gasteiger partial charge in [-0.3, -0.25) is 0 Å². The highest BCUT2D eigenvalue weighted by atomic mass is 16.5. The lowest BCUT2D eigenvalue weighted by atomic mass is 9.86. The van der Waals surface area contributed by atoms with E-state index in [2.05, 4.69) is 0 Å². The summed E-state index contributed by atoms with van der Waals surface area (Å²) in [5, 5.41) is 9.55. The lowest BCUT2D eigenvalue weighted by Crippen LogP contribution is -2.30. The molecule has 1 unspecified atom stereocenters. The van der Waals surface area contributed by atoms with E-state index in [0.717, 1.165) is 0 Å². The van der Waals surface area contributed by atoms with Crippen molar-refractivity contribution >= 4 is 0 Å². The summed E-state index contributed by atoms with van der Waals surface area (Å²) >= 11 is 0. The van der Waals surface area contributed by atoms with Crippen LogP contribution < -0.4 is 0 Å². The Morgan fingerprint density at radius 3 is 2.09 bits per heavy atom. The third kappa shape index (κ3) is 4.38. The second kappa shape index (κ2) is 4.07. The van der Waals surface area contributed by atoms with Gasteiger partial charge >= 0.3 is 0 Å². The Morgan fingerprint density at radius 2 is 1.82 bits per heavy atom. The van der Waals surface area contributed by atoms with Gasteiger partial charge in [0.2, 0.25) is 0 Å². The van der Waals surface area contributed by atoms with Gasteiger partial charge in [-0.1, -0.05) is 20.8 Å². The minimum atomic E-state index is -0.405. The summed E-state index contributed by atoms with van der Waals surface area (Å²) in [4.78, 5) is 0. The van der Waals surface area contributed by atoms with Crippen LogP contribution in [-0.4, -0.2) is 24.4 Å². The van der Waals surface area contributed by atoms with Gasteiger partial charge < -0.3 is 9.84 Å². The van der Waals surface area contributed by atoms with Crippen molar-refractivity contribution in [3.63, 3.8) is 0 Å². The average molecular weight is 159 g/mol. The predicted octanol–water partition coefficient (Wildman–Crippen LogP) is 1.63. The molecule has 0 saturated carbocycles. The zero-order valence-electron chi connectivity index (χ0n) is 8.09. The largest absolute Gasteiger partial charge is 0.392 e. The van der Waals surface area contributed by atoms with Crippen LogP contribution in [-0.2, 0) is 4.74 Å². The average Bonchev–Trinajstić information content (AvgIpc) is 1.85. The fourth-order valence-corrected chi connectivity index (χ4v) is 0.624. The Morgan fingerprint density at radius 1 is 1.36 bits per heavy atom. The van der Waals surface area contributed by atoms with Gasteiger partial charge in [0.1, 0.15) is 0 Å². The molecule has 67 valence electrons. The van der Waals surface area contributed by atoms with Crippen molar-refractivity contribution in [2.45, 2.75) is 39.9 Å². The molecule has 11 heavy (non-hydrogen) atoms. The fraction of sp³-hybridized carbons (Fsp3) is 0.889. The molecule has 0 aliphatic heterocycles. The van der Waals surface area contributed by atoms with E-state index < -0.39 is 6.10 Å². The normalized spacial score (nSPS) is 18.0. The lowest BCUT2D eigenvalue weighted by molar-refractivity contribution is 0.0507. The van der Waals surface area contributed by atoms with Gasteiger partial charge in [0.05, 0.1) is 12.2 Å². The molecule has 0 aromatic rings. The highest BCUT2D eigenvalue weighted by molar-refractivity contribution is 4.89. The van der Waals surface area contributed by atoms with Gasteiger partial charge in [0, 0.05) is 13.5 Å². The molecule has 0 aromatic heterocycles. The first-order valence-corrected chi connectivity index (χ1v) is 3.93. The molecular formula is C9H19O2. The summed E-state index contributed by atoms with van der Waals surface area (Å²) in [7, 11) is 1.64. The Kier molecular flexibility index (Phi) is 4.04. The van der Waals surface area contributed by atoms with Gasteiger partial charge in [-0.05, 0) is 12.3 Å². The minimum Gasteiger partial charge on any atom is -0.392 e. The van der Waals surface area contributed by atoms with Crippen LogP contribution in [0.3, 0.4) is 0 Å². The highest BCUT2D eigenvalue weighted by Crippen LogP contribution is 2.22. The first kappa shape index (κ1) is 10.9. The van der Waals surface area contributed by atoms with Crippen molar-refractivity contribution in [2.75, 3.05) is 7.11 Å². The quantitative estimate of drug-likeness (QED) is 0.678. The predicted molar refractivity (Wildman–Crippen MR) is 46.2 cm³/mol. The number of rotatable bonds is 3. The molecule has 0 spiro atoms. The zero-order valence-corrected chi connectivity index (χ0v) is 8.09. The second-order valence-electron chi connectivity index (χ2n) is 3.94. The Balaban J connectivity index is 3.77. The van der Waals surface area contributed by atoms with Crippen LogP contribution in [0, 0.1) is 11.8 Å². The standard InChI is InChI=1S/C9H19O2/c1-7(11-5)6-8(10)9(2,3)4/h6-8,10H,1-5H3/t7-,8?/m1/s1. The second-order valence-corrected chi connectivity index (χ2v) is 3.94. The molecule has 2 heteroatoms. The van der Waals surface area contributed by atoms with E-state index in [0.29, 0.717) is 0 Å². The minimum absolute atomic E-state index is 0.0178. The summed E-state index contributed by atoms with van der Waals surface area (Å²) in [6.07, 6.45) is 1.42. The number of methoxy groups -OCH3 is 1. The van der Waals surface area contributed by atoms with E-state index in [-0.39, 0.29) is 11.5 Å². The topological polar surface area (TPSA) is 29.5 Å². The first-order valence-electron chi connectivity index (χ1n) is 3.93. The molecule has 1 N–H and O–H groups in total. The molecule has 0 aromatic carbocycles. The maximum Gasteiger partial charge on any atom is 0.0645 e. The summed E-state index contributed by atoms with van der Waals surface area (Å²) in [5.74, 6) is 0. The van der Waals surface area contributed by atoms with Crippen LogP contribution in [0.25, 0.3) is 0 Å². The van der Waals surface area contributed by atoms with Crippen molar-refractivity contribution in [3.8, 4) is 0 Å². The van der Waals surface area contributed by atoms with Crippen molar-refractivity contribution < 1.29 is 9.84 Å². The van der Waals surface area contributed by atoms with Gasteiger partial charge in [-0.2, -0.15) is 0 Å². The summed E-state index contributed by atoms with van der Waals surface area (Å²) in [6, 6.07) is 0. The summed E-state index contributed by atoms with van der Waals surface area (Å²) in [5.41, 5.74) is -0.0905. The molecule has 0 aliphatic rings. The molecule has 0 rings (SSSR count). The molecule has 2 atom stereocenters. The number of aliphatic hydroxyl groups is 1. The van der Waals surface area contributed by atoms with Gasteiger partial charge in [0.15, 0.2) is 0 Å². The van der Waals surface area contributed by atoms with Crippen molar-refractivity contribution in [3.05, 3.63) is 6.42 Å². The summed E-state index contributed by atoms with van der Waals surface area (Å²) < 4.78 is 5.00. The molecule has 0 bridgehead atoms. The van der Waals surface area contributed by atoms with Crippen LogP contribution in [0.5, 0.6) is 0 Å². The van der Waals surface area contributed by atoms with Crippen LogP contribution >= 0.6 is 0 Å². The van der Waals surface area contributed by atoms with Crippen LogP contribution in [0.4, 0.5) is 0 Å². The monoisotopic (exact) mass is 159 g/mol. The van der Waals surface area contributed by atoms with E-state index >= 15 is 0 Å². The third-order valence-electron chi connectivity index (χ3n) is 1.71. The van der Waals surface area contributed by atoms with E-state index in [9.17, 15) is 5.11 Å². The highest BCUT2D eigenvalue weighted by Gasteiger charge is 2.23. The van der Waals surface area contributed by atoms with Gasteiger partial charge in [-0.25, -0.2) is 0 Å². The van der Waals surface area contributed by atoms with Crippen LogP contribution in [0.2, 0.25) is 0 Å². The Labute approximate surface area is 69.6 Å². The van der Waals surface area contributed by atoms with E-state index in [1.54, 1.807) is 13.5 Å². The smallest absolute Gasteiger partial charge is 0.0645 e. The molecule has 0 heterocycles. The SMILES string of the molecule is CO[C@H](C)[CH]C(O)C(C)(C)C. The van der Waals surface area contributed by atoms with Crippen LogP contribution in [0.1, 0.15) is 27.7 Å². The zero-order chi connectivity index (χ0) is 9.07. The Bertz CT molecular complexity index is 105. The lowest BCUT2D eigenvalue weighted by Gasteiger charge is -2.27. The van der Waals surface area contributed by atoms with Crippen LogP contribution in [0.15, 0.2) is 0 Å². The summed E-state index contributed by atoms with van der Waals surface area (Å²) in [6.45, 7) is 7.90. The molecule has 1 radical (unpaired) electrons. The number of ether oxygens (including phenoxy) is 1.